The van der Waals surface area contributed by atoms with Crippen molar-refractivity contribution in [3.63, 3.8) is 0 Å². The Morgan fingerprint density at radius 3 is 3.08 bits per heavy atom. The van der Waals surface area contributed by atoms with Crippen LogP contribution in [0.15, 0.2) is 6.33 Å². The lowest BCUT2D eigenvalue weighted by atomic mass is 10.5. The molecule has 5 nitrogen and oxygen atoms in total. The summed E-state index contributed by atoms with van der Waals surface area (Å²) in [6.07, 6.45) is 1.35. The van der Waals surface area contributed by atoms with Gasteiger partial charge < -0.3 is 15.8 Å². The van der Waals surface area contributed by atoms with E-state index in [0.717, 1.165) is 0 Å². The van der Waals surface area contributed by atoms with Crippen LogP contribution in [-0.4, -0.2) is 30.2 Å². The second-order valence-corrected chi connectivity index (χ2v) is 2.70. The van der Waals surface area contributed by atoms with Crippen LogP contribution in [-0.2, 0) is 4.74 Å². The second-order valence-electron chi connectivity index (χ2n) is 2.35. The van der Waals surface area contributed by atoms with Crippen LogP contribution < -0.4 is 11.1 Å². The van der Waals surface area contributed by atoms with Gasteiger partial charge in [-0.05, 0) is 0 Å². The zero-order valence-corrected chi connectivity index (χ0v) is 8.01. The molecule has 1 aromatic rings. The van der Waals surface area contributed by atoms with Gasteiger partial charge in [-0.2, -0.15) is 0 Å². The number of aromatic nitrogens is 2. The number of anilines is 2. The smallest absolute Gasteiger partial charge is 0.157 e. The SMILES string of the molecule is COCCNc1ncnc(Cl)c1N. The topological polar surface area (TPSA) is 73.1 Å². The van der Waals surface area contributed by atoms with Gasteiger partial charge in [-0.1, -0.05) is 11.6 Å². The van der Waals surface area contributed by atoms with Crippen molar-refractivity contribution in [2.24, 2.45) is 0 Å². The third-order valence-corrected chi connectivity index (χ3v) is 1.74. The van der Waals surface area contributed by atoms with E-state index in [1.54, 1.807) is 7.11 Å². The summed E-state index contributed by atoms with van der Waals surface area (Å²) in [4.78, 5) is 7.65. The third-order valence-electron chi connectivity index (χ3n) is 1.43. The number of nitrogens with one attached hydrogen (secondary N) is 1. The van der Waals surface area contributed by atoms with Crippen LogP contribution in [0.3, 0.4) is 0 Å². The van der Waals surface area contributed by atoms with Crippen molar-refractivity contribution in [1.29, 1.82) is 0 Å². The fourth-order valence-corrected chi connectivity index (χ4v) is 0.920. The van der Waals surface area contributed by atoms with Gasteiger partial charge in [0.1, 0.15) is 12.0 Å². The third kappa shape index (κ3) is 2.71. The molecule has 0 saturated heterocycles. The predicted molar refractivity (Wildman–Crippen MR) is 51.8 cm³/mol. The first kappa shape index (κ1) is 10.0. The molecule has 0 atom stereocenters. The minimum absolute atomic E-state index is 0.259. The molecule has 1 heterocycles. The number of rotatable bonds is 4. The van der Waals surface area contributed by atoms with Gasteiger partial charge in [0.05, 0.1) is 6.61 Å². The van der Waals surface area contributed by atoms with Crippen LogP contribution in [0, 0.1) is 0 Å². The van der Waals surface area contributed by atoms with Gasteiger partial charge in [0, 0.05) is 13.7 Å². The van der Waals surface area contributed by atoms with E-state index in [1.165, 1.54) is 6.33 Å². The average Bonchev–Trinajstić information content (AvgIpc) is 2.13. The summed E-state index contributed by atoms with van der Waals surface area (Å²) in [6.45, 7) is 1.22. The Bertz CT molecular complexity index is 281. The van der Waals surface area contributed by atoms with E-state index in [2.05, 4.69) is 15.3 Å². The van der Waals surface area contributed by atoms with Crippen molar-refractivity contribution in [2.75, 3.05) is 31.3 Å². The number of nitrogens with zero attached hydrogens (tertiary/aromatic N) is 2. The van der Waals surface area contributed by atoms with E-state index in [-0.39, 0.29) is 5.15 Å². The monoisotopic (exact) mass is 202 g/mol. The van der Waals surface area contributed by atoms with Crippen LogP contribution in [0.25, 0.3) is 0 Å². The number of halogens is 1. The quantitative estimate of drug-likeness (QED) is 0.558. The summed E-state index contributed by atoms with van der Waals surface area (Å²) < 4.78 is 4.85. The molecular formula is C7H11ClN4O. The first-order valence-corrected chi connectivity index (χ1v) is 4.12. The van der Waals surface area contributed by atoms with Crippen molar-refractivity contribution < 1.29 is 4.74 Å². The highest BCUT2D eigenvalue weighted by Crippen LogP contribution is 2.21. The molecular weight excluding hydrogens is 192 g/mol. The zero-order chi connectivity index (χ0) is 9.68. The summed E-state index contributed by atoms with van der Waals surface area (Å²) in [5.41, 5.74) is 5.97. The second kappa shape index (κ2) is 4.84. The maximum Gasteiger partial charge on any atom is 0.157 e. The molecule has 0 aliphatic rings. The number of hydrogen-bond acceptors (Lipinski definition) is 5. The van der Waals surface area contributed by atoms with Crippen LogP contribution in [0.1, 0.15) is 0 Å². The van der Waals surface area contributed by atoms with Crippen molar-refractivity contribution in [3.8, 4) is 0 Å². The average molecular weight is 203 g/mol. The minimum atomic E-state index is 0.259. The normalized spacial score (nSPS) is 10.0. The van der Waals surface area contributed by atoms with Gasteiger partial charge in [-0.3, -0.25) is 0 Å². The summed E-state index contributed by atoms with van der Waals surface area (Å²) in [5, 5.41) is 3.23. The van der Waals surface area contributed by atoms with E-state index in [9.17, 15) is 0 Å². The fourth-order valence-electron chi connectivity index (χ4n) is 0.786. The Balaban J connectivity index is 2.61. The molecule has 0 aliphatic heterocycles. The van der Waals surface area contributed by atoms with Crippen molar-refractivity contribution in [1.82, 2.24) is 9.97 Å². The Kier molecular flexibility index (Phi) is 3.72. The molecule has 0 aliphatic carbocycles. The first-order valence-electron chi connectivity index (χ1n) is 3.74. The van der Waals surface area contributed by atoms with Crippen LogP contribution in [0.5, 0.6) is 0 Å². The van der Waals surface area contributed by atoms with Crippen LogP contribution >= 0.6 is 11.6 Å². The fraction of sp³-hybridized carbons (Fsp3) is 0.429. The lowest BCUT2D eigenvalue weighted by Gasteiger charge is -2.07. The van der Waals surface area contributed by atoms with Crippen molar-refractivity contribution >= 4 is 23.1 Å². The van der Waals surface area contributed by atoms with E-state index in [4.69, 9.17) is 22.1 Å². The maximum absolute atomic E-state index is 5.68. The molecule has 0 radical (unpaired) electrons. The Hall–Kier alpha value is -1.07. The molecule has 0 bridgehead atoms. The largest absolute Gasteiger partial charge is 0.393 e. The molecule has 0 saturated carbocycles. The molecule has 0 unspecified atom stereocenters. The maximum atomic E-state index is 5.68. The molecule has 0 spiro atoms. The highest BCUT2D eigenvalue weighted by atomic mass is 35.5. The molecule has 1 aromatic heterocycles. The Morgan fingerprint density at radius 2 is 2.38 bits per heavy atom. The molecule has 6 heteroatoms. The van der Waals surface area contributed by atoms with E-state index < -0.39 is 0 Å². The summed E-state index contributed by atoms with van der Waals surface area (Å²) in [5.74, 6) is 0.539. The van der Waals surface area contributed by atoms with Gasteiger partial charge >= 0.3 is 0 Å². The van der Waals surface area contributed by atoms with Gasteiger partial charge in [0.25, 0.3) is 0 Å². The standard InChI is InChI=1S/C7H11ClN4O/c1-13-3-2-10-7-5(9)6(8)11-4-12-7/h4H,2-3,9H2,1H3,(H,10,11,12). The van der Waals surface area contributed by atoms with Crippen molar-refractivity contribution in [2.45, 2.75) is 0 Å². The summed E-state index contributed by atoms with van der Waals surface area (Å²) in [6, 6.07) is 0. The zero-order valence-electron chi connectivity index (χ0n) is 7.25. The predicted octanol–water partition coefficient (Wildman–Crippen LogP) is 0.770. The van der Waals surface area contributed by atoms with Gasteiger partial charge in [0.2, 0.25) is 0 Å². The van der Waals surface area contributed by atoms with Crippen molar-refractivity contribution in [3.05, 3.63) is 11.5 Å². The van der Waals surface area contributed by atoms with Gasteiger partial charge in [-0.15, -0.1) is 0 Å². The lowest BCUT2D eigenvalue weighted by Crippen LogP contribution is -2.11. The molecule has 1 rings (SSSR count). The number of methoxy groups -OCH3 is 1. The molecule has 3 N–H and O–H groups in total. The van der Waals surface area contributed by atoms with E-state index in [0.29, 0.717) is 24.7 Å². The van der Waals surface area contributed by atoms with E-state index >= 15 is 0 Å². The van der Waals surface area contributed by atoms with Gasteiger partial charge in [-0.25, -0.2) is 9.97 Å². The van der Waals surface area contributed by atoms with Crippen LogP contribution in [0.4, 0.5) is 11.5 Å². The van der Waals surface area contributed by atoms with Gasteiger partial charge in [0.15, 0.2) is 11.0 Å². The lowest BCUT2D eigenvalue weighted by molar-refractivity contribution is 0.210. The first-order chi connectivity index (χ1) is 6.25. The number of hydrogen-bond donors (Lipinski definition) is 2. The Labute approximate surface area is 81.3 Å². The molecule has 0 amide bonds. The number of ether oxygens (including phenoxy) is 1. The molecule has 0 fully saturated rings. The molecule has 13 heavy (non-hydrogen) atoms. The minimum Gasteiger partial charge on any atom is -0.393 e. The molecule has 72 valence electrons. The Morgan fingerprint density at radius 1 is 1.62 bits per heavy atom. The number of nitrogens with two attached hydrogens (primary N) is 1. The van der Waals surface area contributed by atoms with Crippen LogP contribution in [0.2, 0.25) is 5.15 Å². The highest BCUT2D eigenvalue weighted by molar-refractivity contribution is 6.32. The van der Waals surface area contributed by atoms with E-state index in [1.807, 2.05) is 0 Å². The molecule has 0 aromatic carbocycles. The number of nitrogen functional groups attached to an aromatic ring is 1. The summed E-state index contributed by atoms with van der Waals surface area (Å²) >= 11 is 5.68. The highest BCUT2D eigenvalue weighted by Gasteiger charge is 2.03. The summed E-state index contributed by atoms with van der Waals surface area (Å²) in [7, 11) is 1.62.